The van der Waals surface area contributed by atoms with Crippen LogP contribution in [0.3, 0.4) is 0 Å². The first-order valence-corrected chi connectivity index (χ1v) is 7.49. The van der Waals surface area contributed by atoms with Gasteiger partial charge in [-0.1, -0.05) is 36.4 Å². The zero-order valence-electron chi connectivity index (χ0n) is 14.1. The summed E-state index contributed by atoms with van der Waals surface area (Å²) >= 11 is 0. The lowest BCUT2D eigenvalue weighted by Gasteiger charge is -2.03. The lowest BCUT2D eigenvalue weighted by Crippen LogP contribution is -2.37. The summed E-state index contributed by atoms with van der Waals surface area (Å²) in [5.74, 6) is -3.02. The number of aliphatic hydroxyl groups is 1. The van der Waals surface area contributed by atoms with Gasteiger partial charge >= 0.3 is 11.9 Å². The summed E-state index contributed by atoms with van der Waals surface area (Å²) < 4.78 is 33.2. The van der Waals surface area contributed by atoms with E-state index in [2.05, 4.69) is 0 Å². The summed E-state index contributed by atoms with van der Waals surface area (Å²) in [5, 5.41) is 27.8. The molecule has 1 N–H and O–H groups in total. The Morgan fingerprint density at radius 2 is 1.56 bits per heavy atom. The van der Waals surface area contributed by atoms with E-state index in [4.69, 9.17) is 9.90 Å². The molecule has 0 spiro atoms. The molecule has 0 aliphatic heterocycles. The molecule has 0 amide bonds. The number of halogens is 3. The van der Waals surface area contributed by atoms with Crippen molar-refractivity contribution >= 4 is 17.9 Å². The van der Waals surface area contributed by atoms with E-state index < -0.39 is 12.1 Å². The number of allylic oxidation sites excluding steroid dienone is 2. The van der Waals surface area contributed by atoms with Crippen molar-refractivity contribution in [3.63, 3.8) is 0 Å². The monoisotopic (exact) mass is 376 g/mol. The van der Waals surface area contributed by atoms with E-state index in [1.807, 2.05) is 72.9 Å². The standard InChI is InChI=1S/C17H14N2O.C2HF3O2/c1-14(20)17(12-18)19(16-10-6-3-7-11-16)13-15-8-4-2-5-9-15;3-2(4,5)1(6)7/h2-11,13H,1H3;(H,6,7)/b17-14-,19-13?;. The number of hydrogen-bond donors (Lipinski definition) is 1. The van der Waals surface area contributed by atoms with Crippen LogP contribution < -0.4 is 5.11 Å². The summed E-state index contributed by atoms with van der Waals surface area (Å²) in [5.41, 5.74) is 1.98. The summed E-state index contributed by atoms with van der Waals surface area (Å²) in [6.07, 6.45) is -3.37. The van der Waals surface area contributed by atoms with Crippen LogP contribution in [0.15, 0.2) is 72.1 Å². The Morgan fingerprint density at radius 1 is 1.11 bits per heavy atom. The topological polar surface area (TPSA) is 87.2 Å². The molecule has 0 saturated carbocycles. The van der Waals surface area contributed by atoms with E-state index in [1.165, 1.54) is 6.92 Å². The predicted molar refractivity (Wildman–Crippen MR) is 90.0 cm³/mol. The van der Waals surface area contributed by atoms with E-state index in [-0.39, 0.29) is 11.5 Å². The molecule has 0 aliphatic carbocycles. The van der Waals surface area contributed by atoms with Gasteiger partial charge < -0.3 is 15.0 Å². The summed E-state index contributed by atoms with van der Waals surface area (Å²) in [6.45, 7) is 1.51. The Kier molecular flexibility index (Phi) is 7.76. The van der Waals surface area contributed by atoms with E-state index >= 15 is 0 Å². The minimum atomic E-state index is -5.19. The molecular weight excluding hydrogens is 361 g/mol. The van der Waals surface area contributed by atoms with Crippen LogP contribution in [0.25, 0.3) is 0 Å². The molecular formula is C19H15F3N2O3. The molecule has 0 aromatic heterocycles. The van der Waals surface area contributed by atoms with Crippen molar-refractivity contribution in [2.75, 3.05) is 0 Å². The van der Waals surface area contributed by atoms with Gasteiger partial charge in [-0.15, -0.1) is 4.58 Å². The van der Waals surface area contributed by atoms with Crippen molar-refractivity contribution in [3.05, 3.63) is 77.7 Å². The molecule has 0 bridgehead atoms. The summed E-state index contributed by atoms with van der Waals surface area (Å²) in [6, 6.07) is 21.2. The minimum Gasteiger partial charge on any atom is -0.542 e. The normalized spacial score (nSPS) is 12.2. The van der Waals surface area contributed by atoms with E-state index in [9.17, 15) is 23.5 Å². The van der Waals surface area contributed by atoms with Gasteiger partial charge in [-0.05, 0) is 12.1 Å². The lowest BCUT2D eigenvalue weighted by atomic mass is 10.2. The highest BCUT2D eigenvalue weighted by atomic mass is 19.4. The number of nitrogens with zero attached hydrogens (tertiary/aromatic N) is 2. The van der Waals surface area contributed by atoms with E-state index in [0.717, 1.165) is 11.3 Å². The van der Waals surface area contributed by atoms with Crippen molar-refractivity contribution < 1.29 is 32.8 Å². The second-order valence-electron chi connectivity index (χ2n) is 5.08. The van der Waals surface area contributed by atoms with Gasteiger partial charge in [-0.25, -0.2) is 0 Å². The highest BCUT2D eigenvalue weighted by Crippen LogP contribution is 2.17. The van der Waals surface area contributed by atoms with Crippen molar-refractivity contribution in [1.29, 1.82) is 5.26 Å². The Labute approximate surface area is 153 Å². The number of carbonyl (C=O) groups is 1. The fraction of sp³-hybridized carbons (Fsp3) is 0.105. The largest absolute Gasteiger partial charge is 0.542 e. The number of rotatable bonds is 3. The summed E-state index contributed by atoms with van der Waals surface area (Å²) in [7, 11) is 0. The van der Waals surface area contributed by atoms with Crippen LogP contribution >= 0.6 is 0 Å². The number of aliphatic carboxylic acids is 1. The van der Waals surface area contributed by atoms with Gasteiger partial charge in [0.2, 0.25) is 5.69 Å². The molecule has 0 heterocycles. The van der Waals surface area contributed by atoms with Crippen LogP contribution in [-0.2, 0) is 4.79 Å². The lowest BCUT2D eigenvalue weighted by molar-refractivity contribution is -0.373. The molecule has 0 fully saturated rings. The van der Waals surface area contributed by atoms with E-state index in [1.54, 1.807) is 4.58 Å². The molecule has 0 unspecified atom stereocenters. The van der Waals surface area contributed by atoms with Gasteiger partial charge in [0.05, 0.1) is 0 Å². The van der Waals surface area contributed by atoms with Gasteiger partial charge in [0.25, 0.3) is 0 Å². The van der Waals surface area contributed by atoms with Crippen molar-refractivity contribution in [2.24, 2.45) is 0 Å². The number of hydrogen-bond acceptors (Lipinski definition) is 4. The Bertz CT molecular complexity index is 865. The average molecular weight is 376 g/mol. The Morgan fingerprint density at radius 3 is 1.93 bits per heavy atom. The average Bonchev–Trinajstić information content (AvgIpc) is 2.62. The molecule has 0 radical (unpaired) electrons. The first kappa shape index (κ1) is 21.4. The predicted octanol–water partition coefficient (Wildman–Crippen LogP) is 3.06. The highest BCUT2D eigenvalue weighted by molar-refractivity contribution is 5.77. The van der Waals surface area contributed by atoms with Gasteiger partial charge in [-0.3, -0.25) is 0 Å². The van der Waals surface area contributed by atoms with Crippen LogP contribution in [0.2, 0.25) is 0 Å². The fourth-order valence-corrected chi connectivity index (χ4v) is 1.85. The Hall–Kier alpha value is -3.60. The molecule has 0 aliphatic rings. The maximum atomic E-state index is 10.5. The second-order valence-corrected chi connectivity index (χ2v) is 5.08. The number of carboxylic acids is 1. The van der Waals surface area contributed by atoms with Crippen LogP contribution in [0.1, 0.15) is 12.5 Å². The highest BCUT2D eigenvalue weighted by Gasteiger charge is 2.28. The molecule has 8 heteroatoms. The van der Waals surface area contributed by atoms with Gasteiger partial charge in [0.1, 0.15) is 5.97 Å². The zero-order chi connectivity index (χ0) is 20.4. The molecule has 0 saturated heterocycles. The van der Waals surface area contributed by atoms with Gasteiger partial charge in [-0.2, -0.15) is 18.4 Å². The van der Waals surface area contributed by atoms with Crippen molar-refractivity contribution in [1.82, 2.24) is 0 Å². The maximum Gasteiger partial charge on any atom is 0.430 e. The minimum absolute atomic E-state index is 0.0106. The maximum absolute atomic E-state index is 10.5. The SMILES string of the molecule is C/C(O)=C(\C#N)[N+](=Cc1ccccc1)c1ccccc1.O=C([O-])C(F)(F)F. The van der Waals surface area contributed by atoms with Crippen LogP contribution in [0.4, 0.5) is 18.9 Å². The number of carbonyl (C=O) groups excluding carboxylic acids is 1. The third-order valence-corrected chi connectivity index (χ3v) is 3.03. The fourth-order valence-electron chi connectivity index (χ4n) is 1.85. The molecule has 0 atom stereocenters. The smallest absolute Gasteiger partial charge is 0.430 e. The molecule has 2 aromatic carbocycles. The van der Waals surface area contributed by atoms with Gasteiger partial charge in [0.15, 0.2) is 18.0 Å². The summed E-state index contributed by atoms with van der Waals surface area (Å²) in [4.78, 5) is 8.78. The van der Waals surface area contributed by atoms with Crippen molar-refractivity contribution in [2.45, 2.75) is 13.1 Å². The van der Waals surface area contributed by atoms with E-state index in [0.29, 0.717) is 0 Å². The molecule has 2 rings (SSSR count). The molecule has 140 valence electrons. The number of nitriles is 1. The molecule has 2 aromatic rings. The number of benzene rings is 2. The third-order valence-electron chi connectivity index (χ3n) is 3.03. The number of carboxylic acid groups (broad SMARTS) is 1. The van der Waals surface area contributed by atoms with Crippen LogP contribution in [-0.4, -0.2) is 28.0 Å². The van der Waals surface area contributed by atoms with Crippen LogP contribution in [0, 0.1) is 11.3 Å². The first-order valence-electron chi connectivity index (χ1n) is 7.49. The number of aliphatic hydroxyl groups excluding tert-OH is 1. The third kappa shape index (κ3) is 7.04. The quantitative estimate of drug-likeness (QED) is 0.386. The molecule has 27 heavy (non-hydrogen) atoms. The van der Waals surface area contributed by atoms with Crippen LogP contribution in [0.5, 0.6) is 0 Å². The van der Waals surface area contributed by atoms with Gasteiger partial charge in [0, 0.05) is 24.6 Å². The second kappa shape index (κ2) is 9.77. The molecule has 5 nitrogen and oxygen atoms in total. The number of para-hydroxylation sites is 1. The van der Waals surface area contributed by atoms with Crippen molar-refractivity contribution in [3.8, 4) is 6.07 Å². The number of alkyl halides is 3. The zero-order valence-corrected chi connectivity index (χ0v) is 14.1. The Balaban J connectivity index is 0.000000445. The first-order chi connectivity index (χ1) is 12.7.